The third kappa shape index (κ3) is 5.07. The molecule has 7 unspecified atom stereocenters. The molecule has 9 atom stereocenters. The zero-order valence-corrected chi connectivity index (χ0v) is 29.8. The molecule has 44 heavy (non-hydrogen) atoms. The lowest BCUT2D eigenvalue weighted by molar-refractivity contribution is -0.219. The zero-order chi connectivity index (χ0) is 30.7. The first-order valence-corrected chi connectivity index (χ1v) is 20.4. The fourth-order valence-corrected chi connectivity index (χ4v) is 14.2. The number of aromatic nitrogens is 1. The minimum atomic E-state index is 0.433. The highest BCUT2D eigenvalue weighted by molar-refractivity contribution is 8.14. The van der Waals surface area contributed by atoms with Crippen LogP contribution in [0.4, 0.5) is 5.82 Å². The van der Waals surface area contributed by atoms with Gasteiger partial charge in [-0.3, -0.25) is 0 Å². The SMILES string of the molecule is C=S1CCN(CCCNCC23CCC[C@@H]2C2CCC4C5(C)CCN(c6ccc(C)cn6)C(C)C5CCC4(C)[C@]2(C)CC3)CC1. The van der Waals surface area contributed by atoms with Gasteiger partial charge < -0.3 is 15.1 Å². The number of anilines is 1. The Morgan fingerprint density at radius 3 is 2.50 bits per heavy atom. The van der Waals surface area contributed by atoms with E-state index in [-0.39, 0.29) is 0 Å². The van der Waals surface area contributed by atoms with Crippen LogP contribution >= 0.6 is 10.5 Å². The summed E-state index contributed by atoms with van der Waals surface area (Å²) in [6.07, 6.45) is 17.9. The summed E-state index contributed by atoms with van der Waals surface area (Å²) in [6.45, 7) is 20.5. The lowest BCUT2D eigenvalue weighted by atomic mass is 9.34. The summed E-state index contributed by atoms with van der Waals surface area (Å²) in [6, 6.07) is 5.10. The van der Waals surface area contributed by atoms with Crippen LogP contribution in [-0.4, -0.2) is 72.6 Å². The predicted molar refractivity (Wildman–Crippen MR) is 191 cm³/mol. The van der Waals surface area contributed by atoms with Crippen LogP contribution in [0.2, 0.25) is 0 Å². The van der Waals surface area contributed by atoms with Crippen molar-refractivity contribution < 1.29 is 0 Å². The molecular weight excluding hydrogens is 557 g/mol. The molecule has 4 saturated carbocycles. The second kappa shape index (κ2) is 12.0. The van der Waals surface area contributed by atoms with Gasteiger partial charge in [0.2, 0.25) is 0 Å². The van der Waals surface area contributed by atoms with Crippen molar-refractivity contribution in [3.63, 3.8) is 0 Å². The first-order chi connectivity index (χ1) is 21.1. The van der Waals surface area contributed by atoms with Crippen molar-refractivity contribution in [2.24, 2.45) is 45.3 Å². The molecule has 5 heteroatoms. The normalized spacial score (nSPS) is 44.5. The number of rotatable bonds is 7. The summed E-state index contributed by atoms with van der Waals surface area (Å²) in [5, 5.41) is 4.06. The van der Waals surface area contributed by atoms with Crippen LogP contribution in [0, 0.1) is 52.3 Å². The Kier molecular flexibility index (Phi) is 8.61. The number of fused-ring (bicyclic) bond motifs is 7. The first kappa shape index (κ1) is 31.7. The molecule has 6 fully saturated rings. The number of piperidine rings is 1. The van der Waals surface area contributed by atoms with Gasteiger partial charge in [0.25, 0.3) is 0 Å². The van der Waals surface area contributed by atoms with E-state index in [0.29, 0.717) is 38.2 Å². The Labute approximate surface area is 272 Å². The predicted octanol–water partition coefficient (Wildman–Crippen LogP) is 8.02. The van der Waals surface area contributed by atoms with Crippen LogP contribution in [0.25, 0.3) is 0 Å². The van der Waals surface area contributed by atoms with Gasteiger partial charge >= 0.3 is 0 Å². The Bertz CT molecular complexity index is 1190. The number of pyridine rings is 1. The van der Waals surface area contributed by atoms with Crippen LogP contribution in [0.1, 0.15) is 104 Å². The third-order valence-corrected chi connectivity index (χ3v) is 17.3. The Hall–Kier alpha value is -0.910. The zero-order valence-electron chi connectivity index (χ0n) is 29.0. The molecule has 1 N–H and O–H groups in total. The van der Waals surface area contributed by atoms with E-state index in [2.05, 4.69) is 73.9 Å². The van der Waals surface area contributed by atoms with Crippen LogP contribution in [-0.2, 0) is 0 Å². The van der Waals surface area contributed by atoms with E-state index in [1.807, 2.05) is 0 Å². The molecular formula is C39H64N4S. The number of hydrogen-bond donors (Lipinski definition) is 1. The average Bonchev–Trinajstić information content (AvgIpc) is 3.43. The van der Waals surface area contributed by atoms with Crippen molar-refractivity contribution in [2.45, 2.75) is 111 Å². The third-order valence-electron chi connectivity index (χ3n) is 15.7. The molecule has 1 aromatic rings. The number of nitrogens with one attached hydrogen (secondary N) is 1. The van der Waals surface area contributed by atoms with Crippen molar-refractivity contribution in [1.29, 1.82) is 0 Å². The van der Waals surface area contributed by atoms with Crippen molar-refractivity contribution in [3.8, 4) is 0 Å². The Morgan fingerprint density at radius 2 is 1.73 bits per heavy atom. The quantitative estimate of drug-likeness (QED) is 0.247. The van der Waals surface area contributed by atoms with Crippen LogP contribution < -0.4 is 10.2 Å². The highest BCUT2D eigenvalue weighted by atomic mass is 32.2. The van der Waals surface area contributed by atoms with E-state index in [1.165, 1.54) is 133 Å². The second-order valence-corrected chi connectivity index (χ2v) is 19.4. The molecule has 4 nitrogen and oxygen atoms in total. The number of nitrogens with zero attached hydrogens (tertiary/aromatic N) is 3. The van der Waals surface area contributed by atoms with Gasteiger partial charge in [-0.25, -0.2) is 4.98 Å². The van der Waals surface area contributed by atoms with E-state index in [9.17, 15) is 0 Å². The van der Waals surface area contributed by atoms with Crippen LogP contribution in [0.3, 0.4) is 0 Å². The van der Waals surface area contributed by atoms with Gasteiger partial charge in [-0.1, -0.05) is 39.1 Å². The molecule has 1 aromatic heterocycles. The van der Waals surface area contributed by atoms with Crippen molar-refractivity contribution in [1.82, 2.24) is 15.2 Å². The summed E-state index contributed by atoms with van der Waals surface area (Å²) in [5.74, 6) is 11.7. The van der Waals surface area contributed by atoms with Gasteiger partial charge in [0.1, 0.15) is 5.82 Å². The molecule has 4 aliphatic carbocycles. The topological polar surface area (TPSA) is 31.4 Å². The van der Waals surface area contributed by atoms with Gasteiger partial charge in [-0.2, -0.15) is 10.5 Å². The fourth-order valence-electron chi connectivity index (χ4n) is 13.0. The standard InChI is InChI=1S/C39H64N4S/c1-29-10-13-35(41-27-29)43-22-19-36(3)31(30(43)2)14-16-38(5)34(36)12-11-32-33-9-7-15-39(33,18-17-37(32,38)4)28-40-20-8-21-42-23-25-44(6)26-24-42/h10,13,27,30-34,40H,6-9,11-12,14-26,28H2,1-5H3/t30?,31?,32?,33-,34?,36?,37-,38?,39?/m1/s1. The fraction of sp³-hybridized carbons (Fsp3) is 0.846. The lowest BCUT2D eigenvalue weighted by Gasteiger charge is -2.72. The second-order valence-electron chi connectivity index (χ2n) is 17.4. The molecule has 0 bridgehead atoms. The van der Waals surface area contributed by atoms with Crippen LogP contribution in [0.5, 0.6) is 0 Å². The molecule has 2 aliphatic heterocycles. The first-order valence-electron chi connectivity index (χ1n) is 18.7. The maximum Gasteiger partial charge on any atom is 0.128 e. The molecule has 246 valence electrons. The van der Waals surface area contributed by atoms with E-state index in [4.69, 9.17) is 4.98 Å². The Balaban J connectivity index is 1.02. The van der Waals surface area contributed by atoms with Gasteiger partial charge in [0.15, 0.2) is 0 Å². The molecule has 2 saturated heterocycles. The molecule has 0 amide bonds. The minimum Gasteiger partial charge on any atom is -0.354 e. The van der Waals surface area contributed by atoms with Gasteiger partial charge in [0.05, 0.1) is 0 Å². The van der Waals surface area contributed by atoms with Gasteiger partial charge in [-0.15, -0.1) is 0 Å². The van der Waals surface area contributed by atoms with E-state index < -0.39 is 0 Å². The van der Waals surface area contributed by atoms with E-state index >= 15 is 0 Å². The maximum atomic E-state index is 4.88. The van der Waals surface area contributed by atoms with Crippen molar-refractivity contribution in [2.75, 3.05) is 55.7 Å². The van der Waals surface area contributed by atoms with E-state index in [1.54, 1.807) is 0 Å². The molecule has 3 heterocycles. The van der Waals surface area contributed by atoms with Gasteiger partial charge in [0, 0.05) is 49.9 Å². The van der Waals surface area contributed by atoms with Crippen molar-refractivity contribution >= 4 is 22.2 Å². The maximum absolute atomic E-state index is 4.88. The minimum absolute atomic E-state index is 0.433. The Morgan fingerprint density at radius 1 is 0.909 bits per heavy atom. The molecule has 0 spiro atoms. The van der Waals surface area contributed by atoms with Crippen LogP contribution in [0.15, 0.2) is 18.3 Å². The largest absolute Gasteiger partial charge is 0.354 e. The molecule has 7 rings (SSSR count). The summed E-state index contributed by atoms with van der Waals surface area (Å²) < 4.78 is 0. The summed E-state index contributed by atoms with van der Waals surface area (Å²) >= 11 is 0. The van der Waals surface area contributed by atoms with Crippen molar-refractivity contribution in [3.05, 3.63) is 23.9 Å². The highest BCUT2D eigenvalue weighted by Crippen LogP contribution is 2.75. The molecule has 6 aliphatic rings. The number of hydrogen-bond acceptors (Lipinski definition) is 4. The highest BCUT2D eigenvalue weighted by Gasteiger charge is 2.68. The van der Waals surface area contributed by atoms with Gasteiger partial charge in [-0.05, 0) is 148 Å². The average molecular weight is 621 g/mol. The van der Waals surface area contributed by atoms with E-state index in [0.717, 1.165) is 23.7 Å². The summed E-state index contributed by atoms with van der Waals surface area (Å²) in [4.78, 5) is 10.2. The molecule has 0 aromatic carbocycles. The molecule has 0 radical (unpaired) electrons. The summed E-state index contributed by atoms with van der Waals surface area (Å²) in [5.41, 5.74) is 3.27. The smallest absolute Gasteiger partial charge is 0.128 e. The summed E-state index contributed by atoms with van der Waals surface area (Å²) in [7, 11) is 0.433. The number of aryl methyl sites for hydroxylation is 1. The monoisotopic (exact) mass is 620 g/mol. The lowest BCUT2D eigenvalue weighted by Crippen LogP contribution is -2.67.